The number of para-hydroxylation sites is 1. The molecule has 0 spiro atoms. The monoisotopic (exact) mass is 244 g/mol. The van der Waals surface area contributed by atoms with Gasteiger partial charge >= 0.3 is 0 Å². The summed E-state index contributed by atoms with van der Waals surface area (Å²) < 4.78 is 18.1. The highest BCUT2D eigenvalue weighted by Crippen LogP contribution is 2.28. The topological polar surface area (TPSA) is 9.23 Å². The number of methoxy groups -OCH3 is 1. The first-order valence-electron chi connectivity index (χ1n) is 3.77. The maximum absolute atomic E-state index is 13.2. The summed E-state index contributed by atoms with van der Waals surface area (Å²) >= 11 is 3.26. The van der Waals surface area contributed by atoms with Crippen molar-refractivity contribution in [2.24, 2.45) is 0 Å². The lowest BCUT2D eigenvalue weighted by Crippen LogP contribution is -1.94. The van der Waals surface area contributed by atoms with Crippen LogP contribution in [0.5, 0.6) is 5.75 Å². The molecule has 0 heterocycles. The standard InChI is InChI=1S/C10H10BrFO/c1-7(6-11)8-4-3-5-9(12)10(8)13-2/h3-5H,1,6H2,2H3. The van der Waals surface area contributed by atoms with Crippen molar-refractivity contribution in [3.8, 4) is 5.75 Å². The highest BCUT2D eigenvalue weighted by molar-refractivity contribution is 9.09. The molecule has 0 aromatic heterocycles. The van der Waals surface area contributed by atoms with E-state index in [2.05, 4.69) is 22.5 Å². The molecule has 0 bridgehead atoms. The zero-order valence-electron chi connectivity index (χ0n) is 7.31. The average Bonchev–Trinajstić information content (AvgIpc) is 2.16. The highest BCUT2D eigenvalue weighted by Gasteiger charge is 2.09. The van der Waals surface area contributed by atoms with E-state index in [1.165, 1.54) is 13.2 Å². The Bertz CT molecular complexity index is 323. The number of allylic oxidation sites excluding steroid dienone is 1. The van der Waals surface area contributed by atoms with E-state index in [0.29, 0.717) is 10.9 Å². The van der Waals surface area contributed by atoms with Crippen LogP contribution in [0.15, 0.2) is 24.8 Å². The molecule has 0 N–H and O–H groups in total. The third-order valence-corrected chi connectivity index (χ3v) is 2.39. The van der Waals surface area contributed by atoms with Gasteiger partial charge in [-0.15, -0.1) is 0 Å². The summed E-state index contributed by atoms with van der Waals surface area (Å²) in [6.07, 6.45) is 0. The molecule has 0 saturated carbocycles. The van der Waals surface area contributed by atoms with Crippen molar-refractivity contribution in [2.75, 3.05) is 12.4 Å². The van der Waals surface area contributed by atoms with E-state index in [1.54, 1.807) is 12.1 Å². The maximum atomic E-state index is 13.2. The van der Waals surface area contributed by atoms with Gasteiger partial charge in [0, 0.05) is 10.9 Å². The first-order valence-corrected chi connectivity index (χ1v) is 4.89. The molecule has 70 valence electrons. The molecule has 1 rings (SSSR count). The van der Waals surface area contributed by atoms with Crippen molar-refractivity contribution < 1.29 is 9.13 Å². The number of ether oxygens (including phenoxy) is 1. The van der Waals surface area contributed by atoms with Crippen molar-refractivity contribution >= 4 is 21.5 Å². The van der Waals surface area contributed by atoms with Gasteiger partial charge in [0.05, 0.1) is 7.11 Å². The third-order valence-electron chi connectivity index (χ3n) is 1.71. The summed E-state index contributed by atoms with van der Waals surface area (Å²) in [6, 6.07) is 4.79. The molecule has 1 nitrogen and oxygen atoms in total. The molecule has 0 radical (unpaired) electrons. The van der Waals surface area contributed by atoms with Gasteiger partial charge < -0.3 is 4.74 Å². The van der Waals surface area contributed by atoms with Gasteiger partial charge in [0.1, 0.15) is 0 Å². The fourth-order valence-corrected chi connectivity index (χ4v) is 1.37. The lowest BCUT2D eigenvalue weighted by Gasteiger charge is -2.09. The van der Waals surface area contributed by atoms with E-state index in [1.807, 2.05) is 0 Å². The van der Waals surface area contributed by atoms with Gasteiger partial charge in [0.25, 0.3) is 0 Å². The van der Waals surface area contributed by atoms with E-state index < -0.39 is 0 Å². The Hall–Kier alpha value is -0.830. The van der Waals surface area contributed by atoms with Crippen LogP contribution in [0.3, 0.4) is 0 Å². The Morgan fingerprint density at radius 2 is 2.31 bits per heavy atom. The minimum absolute atomic E-state index is 0.256. The fourth-order valence-electron chi connectivity index (χ4n) is 1.07. The SMILES string of the molecule is C=C(CBr)c1cccc(F)c1OC. The summed E-state index contributed by atoms with van der Waals surface area (Å²) in [4.78, 5) is 0. The smallest absolute Gasteiger partial charge is 0.165 e. The van der Waals surface area contributed by atoms with Gasteiger partial charge in [-0.3, -0.25) is 0 Å². The van der Waals surface area contributed by atoms with Crippen LogP contribution in [0.4, 0.5) is 4.39 Å². The molecule has 3 heteroatoms. The number of rotatable bonds is 3. The normalized spacial score (nSPS) is 9.77. The second-order valence-electron chi connectivity index (χ2n) is 2.56. The van der Waals surface area contributed by atoms with Gasteiger partial charge in [0.15, 0.2) is 11.6 Å². The second kappa shape index (κ2) is 4.42. The molecular formula is C10H10BrFO. The van der Waals surface area contributed by atoms with Crippen molar-refractivity contribution in [1.29, 1.82) is 0 Å². The minimum atomic E-state index is -0.359. The molecule has 0 unspecified atom stereocenters. The predicted molar refractivity (Wildman–Crippen MR) is 55.8 cm³/mol. The quantitative estimate of drug-likeness (QED) is 0.743. The summed E-state index contributed by atoms with van der Waals surface area (Å²) in [5, 5.41) is 0.604. The summed E-state index contributed by atoms with van der Waals surface area (Å²) in [7, 11) is 1.45. The lowest BCUT2D eigenvalue weighted by molar-refractivity contribution is 0.385. The van der Waals surface area contributed by atoms with Crippen LogP contribution in [0.2, 0.25) is 0 Å². The molecule has 1 aromatic rings. The first kappa shape index (κ1) is 10.3. The van der Waals surface area contributed by atoms with Crippen molar-refractivity contribution in [2.45, 2.75) is 0 Å². The highest BCUT2D eigenvalue weighted by atomic mass is 79.9. The van der Waals surface area contributed by atoms with Crippen LogP contribution in [0.25, 0.3) is 5.57 Å². The van der Waals surface area contributed by atoms with Gasteiger partial charge in [-0.05, 0) is 11.6 Å². The zero-order chi connectivity index (χ0) is 9.84. The molecule has 0 aliphatic carbocycles. The zero-order valence-corrected chi connectivity index (χ0v) is 8.90. The summed E-state index contributed by atoms with van der Waals surface area (Å²) in [5.74, 6) is -0.103. The minimum Gasteiger partial charge on any atom is -0.493 e. The van der Waals surface area contributed by atoms with Gasteiger partial charge in [0.2, 0.25) is 0 Å². The van der Waals surface area contributed by atoms with E-state index in [9.17, 15) is 4.39 Å². The Morgan fingerprint density at radius 3 is 2.85 bits per heavy atom. The van der Waals surface area contributed by atoms with E-state index in [4.69, 9.17) is 4.74 Å². The van der Waals surface area contributed by atoms with Crippen LogP contribution in [-0.2, 0) is 0 Å². The van der Waals surface area contributed by atoms with Crippen molar-refractivity contribution in [1.82, 2.24) is 0 Å². The summed E-state index contributed by atoms with van der Waals surface area (Å²) in [5.41, 5.74) is 1.51. The number of halogens is 2. The molecule has 0 fully saturated rings. The molecular weight excluding hydrogens is 235 g/mol. The van der Waals surface area contributed by atoms with Crippen molar-refractivity contribution in [3.05, 3.63) is 36.2 Å². The van der Waals surface area contributed by atoms with Gasteiger partial charge in [-0.2, -0.15) is 0 Å². The Kier molecular flexibility index (Phi) is 3.48. The van der Waals surface area contributed by atoms with Gasteiger partial charge in [-0.25, -0.2) is 4.39 Å². The molecule has 1 aromatic carbocycles. The molecule has 0 atom stereocenters. The van der Waals surface area contributed by atoms with E-state index in [0.717, 1.165) is 5.57 Å². The maximum Gasteiger partial charge on any atom is 0.165 e. The molecule has 0 amide bonds. The number of hydrogen-bond acceptors (Lipinski definition) is 1. The van der Waals surface area contributed by atoms with E-state index in [-0.39, 0.29) is 11.6 Å². The second-order valence-corrected chi connectivity index (χ2v) is 3.12. The molecule has 0 aliphatic rings. The molecule has 0 aliphatic heterocycles. The van der Waals surface area contributed by atoms with Crippen LogP contribution in [0.1, 0.15) is 5.56 Å². The number of benzene rings is 1. The number of alkyl halides is 1. The Balaban J connectivity index is 3.20. The predicted octanol–water partition coefficient (Wildman–Crippen LogP) is 3.24. The van der Waals surface area contributed by atoms with Crippen LogP contribution in [0, 0.1) is 5.82 Å². The largest absolute Gasteiger partial charge is 0.493 e. The first-order chi connectivity index (χ1) is 6.20. The summed E-state index contributed by atoms with van der Waals surface area (Å²) in [6.45, 7) is 3.80. The lowest BCUT2D eigenvalue weighted by atomic mass is 10.1. The Morgan fingerprint density at radius 1 is 1.62 bits per heavy atom. The third kappa shape index (κ3) is 2.10. The number of hydrogen-bond donors (Lipinski definition) is 0. The molecule has 0 saturated heterocycles. The fraction of sp³-hybridized carbons (Fsp3) is 0.200. The van der Waals surface area contributed by atoms with Crippen LogP contribution in [-0.4, -0.2) is 12.4 Å². The van der Waals surface area contributed by atoms with Crippen LogP contribution < -0.4 is 4.74 Å². The van der Waals surface area contributed by atoms with Crippen LogP contribution >= 0.6 is 15.9 Å². The average molecular weight is 245 g/mol. The van der Waals surface area contributed by atoms with Crippen molar-refractivity contribution in [3.63, 3.8) is 0 Å². The Labute approximate surface area is 85.3 Å². The molecule has 13 heavy (non-hydrogen) atoms. The van der Waals surface area contributed by atoms with E-state index >= 15 is 0 Å². The van der Waals surface area contributed by atoms with Gasteiger partial charge in [-0.1, -0.05) is 34.6 Å².